The molecule has 1 N–H and O–H groups in total. The van der Waals surface area contributed by atoms with Crippen LogP contribution in [0.15, 0.2) is 11.8 Å². The van der Waals surface area contributed by atoms with Crippen molar-refractivity contribution >= 4 is 11.8 Å². The van der Waals surface area contributed by atoms with Crippen LogP contribution in [-0.4, -0.2) is 29.8 Å². The number of hydrogen-bond donors (Lipinski definition) is 1. The summed E-state index contributed by atoms with van der Waals surface area (Å²) in [6.07, 6.45) is 1.51. The Hall–Kier alpha value is -1.32. The number of nitrogens with zero attached hydrogens (tertiary/aromatic N) is 1. The Morgan fingerprint density at radius 3 is 2.43 bits per heavy atom. The second-order valence-electron chi connectivity index (χ2n) is 3.32. The molecule has 2 amide bonds. The van der Waals surface area contributed by atoms with Gasteiger partial charge < -0.3 is 4.90 Å². The van der Waals surface area contributed by atoms with E-state index < -0.39 is 0 Å². The molecule has 0 spiro atoms. The van der Waals surface area contributed by atoms with Gasteiger partial charge in [-0.3, -0.25) is 14.9 Å². The Kier molecular flexibility index (Phi) is 3.28. The van der Waals surface area contributed by atoms with Crippen LogP contribution in [0.3, 0.4) is 0 Å². The van der Waals surface area contributed by atoms with E-state index in [-0.39, 0.29) is 17.7 Å². The SMILES string of the molecule is CCN(CC)C1=CC(=O)NC(=O)C1C. The summed E-state index contributed by atoms with van der Waals surface area (Å²) in [5.41, 5.74) is 0.823. The monoisotopic (exact) mass is 196 g/mol. The van der Waals surface area contributed by atoms with Gasteiger partial charge in [-0.1, -0.05) is 0 Å². The summed E-state index contributed by atoms with van der Waals surface area (Å²) in [5.74, 6) is -0.748. The van der Waals surface area contributed by atoms with Crippen LogP contribution in [0.25, 0.3) is 0 Å². The van der Waals surface area contributed by atoms with E-state index in [0.29, 0.717) is 0 Å². The van der Waals surface area contributed by atoms with Crippen molar-refractivity contribution in [1.29, 1.82) is 0 Å². The first-order valence-corrected chi connectivity index (χ1v) is 4.91. The average Bonchev–Trinajstić information content (AvgIpc) is 2.15. The third kappa shape index (κ3) is 1.95. The lowest BCUT2D eigenvalue weighted by molar-refractivity contribution is -0.131. The van der Waals surface area contributed by atoms with Gasteiger partial charge in [-0.05, 0) is 20.8 Å². The Bertz CT molecular complexity index is 280. The molecule has 4 nitrogen and oxygen atoms in total. The van der Waals surface area contributed by atoms with Gasteiger partial charge in [0.15, 0.2) is 0 Å². The number of amides is 2. The highest BCUT2D eigenvalue weighted by molar-refractivity contribution is 6.05. The number of rotatable bonds is 3. The zero-order chi connectivity index (χ0) is 10.7. The summed E-state index contributed by atoms with van der Waals surface area (Å²) in [5, 5.41) is 2.28. The fraction of sp³-hybridized carbons (Fsp3) is 0.600. The lowest BCUT2D eigenvalue weighted by Crippen LogP contribution is -2.43. The molecule has 1 atom stereocenters. The Morgan fingerprint density at radius 1 is 1.36 bits per heavy atom. The molecule has 0 bridgehead atoms. The molecule has 1 heterocycles. The third-order valence-electron chi connectivity index (χ3n) is 2.49. The third-order valence-corrected chi connectivity index (χ3v) is 2.49. The average molecular weight is 196 g/mol. The van der Waals surface area contributed by atoms with Crippen LogP contribution in [0, 0.1) is 5.92 Å². The van der Waals surface area contributed by atoms with E-state index in [0.717, 1.165) is 18.8 Å². The van der Waals surface area contributed by atoms with Crippen molar-refractivity contribution in [3.05, 3.63) is 11.8 Å². The van der Waals surface area contributed by atoms with Gasteiger partial charge >= 0.3 is 0 Å². The molecular weight excluding hydrogens is 180 g/mol. The summed E-state index contributed by atoms with van der Waals surface area (Å²) in [6.45, 7) is 7.45. The van der Waals surface area contributed by atoms with Gasteiger partial charge in [0, 0.05) is 24.9 Å². The second-order valence-corrected chi connectivity index (χ2v) is 3.32. The first kappa shape index (κ1) is 10.8. The van der Waals surface area contributed by atoms with Crippen molar-refractivity contribution in [3.63, 3.8) is 0 Å². The van der Waals surface area contributed by atoms with E-state index in [4.69, 9.17) is 0 Å². The van der Waals surface area contributed by atoms with E-state index in [1.54, 1.807) is 0 Å². The van der Waals surface area contributed by atoms with Crippen molar-refractivity contribution in [2.75, 3.05) is 13.1 Å². The molecule has 0 radical (unpaired) electrons. The van der Waals surface area contributed by atoms with Gasteiger partial charge in [-0.2, -0.15) is 0 Å². The molecule has 0 aromatic rings. The fourth-order valence-corrected chi connectivity index (χ4v) is 1.61. The zero-order valence-corrected chi connectivity index (χ0v) is 8.83. The van der Waals surface area contributed by atoms with E-state index in [1.807, 2.05) is 25.7 Å². The quantitative estimate of drug-likeness (QED) is 0.669. The standard InChI is InChI=1S/C10H16N2O2/c1-4-12(5-2)8-6-9(13)11-10(14)7(8)3/h6-7H,4-5H2,1-3H3,(H,11,13,14). The summed E-state index contributed by atoms with van der Waals surface area (Å²) in [7, 11) is 0. The lowest BCUT2D eigenvalue weighted by atomic mass is 10.0. The minimum atomic E-state index is -0.310. The molecule has 78 valence electrons. The van der Waals surface area contributed by atoms with E-state index in [2.05, 4.69) is 5.32 Å². The summed E-state index contributed by atoms with van der Waals surface area (Å²) in [6, 6.07) is 0. The van der Waals surface area contributed by atoms with Crippen LogP contribution < -0.4 is 5.32 Å². The van der Waals surface area contributed by atoms with Crippen LogP contribution in [0.2, 0.25) is 0 Å². The highest BCUT2D eigenvalue weighted by Gasteiger charge is 2.27. The van der Waals surface area contributed by atoms with Gasteiger partial charge in [0.1, 0.15) is 0 Å². The number of nitrogens with one attached hydrogen (secondary N) is 1. The van der Waals surface area contributed by atoms with Crippen LogP contribution in [0.5, 0.6) is 0 Å². The maximum Gasteiger partial charge on any atom is 0.252 e. The molecule has 0 fully saturated rings. The minimum Gasteiger partial charge on any atom is -0.375 e. The van der Waals surface area contributed by atoms with E-state index in [9.17, 15) is 9.59 Å². The van der Waals surface area contributed by atoms with Crippen molar-refractivity contribution in [1.82, 2.24) is 10.2 Å². The highest BCUT2D eigenvalue weighted by atomic mass is 16.2. The second kappa shape index (κ2) is 4.26. The molecule has 1 unspecified atom stereocenters. The van der Waals surface area contributed by atoms with Crippen molar-refractivity contribution in [2.24, 2.45) is 5.92 Å². The molecule has 1 aliphatic rings. The fourth-order valence-electron chi connectivity index (χ4n) is 1.61. The lowest BCUT2D eigenvalue weighted by Gasteiger charge is -2.30. The normalized spacial score (nSPS) is 21.6. The molecule has 0 aliphatic carbocycles. The predicted molar refractivity (Wildman–Crippen MR) is 53.3 cm³/mol. The topological polar surface area (TPSA) is 49.4 Å². The predicted octanol–water partition coefficient (Wildman–Crippen LogP) is 0.505. The van der Waals surface area contributed by atoms with Crippen LogP contribution in [0.1, 0.15) is 20.8 Å². The first-order chi connectivity index (χ1) is 6.60. The smallest absolute Gasteiger partial charge is 0.252 e. The van der Waals surface area contributed by atoms with Gasteiger partial charge in [0.2, 0.25) is 5.91 Å². The summed E-state index contributed by atoms with van der Waals surface area (Å²) >= 11 is 0. The number of carbonyl (C=O) groups is 2. The Morgan fingerprint density at radius 2 is 1.93 bits per heavy atom. The van der Waals surface area contributed by atoms with Gasteiger partial charge in [0.05, 0.1) is 5.92 Å². The molecule has 14 heavy (non-hydrogen) atoms. The maximum absolute atomic E-state index is 11.4. The zero-order valence-electron chi connectivity index (χ0n) is 8.83. The minimum absolute atomic E-state index is 0.209. The molecular formula is C10H16N2O2. The molecule has 0 saturated heterocycles. The van der Waals surface area contributed by atoms with Crippen molar-refractivity contribution in [2.45, 2.75) is 20.8 Å². The number of carbonyl (C=O) groups excluding carboxylic acids is 2. The summed E-state index contributed by atoms with van der Waals surface area (Å²) in [4.78, 5) is 24.5. The molecule has 0 saturated carbocycles. The van der Waals surface area contributed by atoms with Gasteiger partial charge in [0.25, 0.3) is 5.91 Å². The molecule has 0 aromatic carbocycles. The Labute approximate surface area is 84.0 Å². The largest absolute Gasteiger partial charge is 0.375 e. The van der Waals surface area contributed by atoms with E-state index >= 15 is 0 Å². The highest BCUT2D eigenvalue weighted by Crippen LogP contribution is 2.18. The molecule has 1 rings (SSSR count). The molecule has 1 aliphatic heterocycles. The number of imide groups is 1. The Balaban J connectivity index is 2.94. The molecule has 0 aromatic heterocycles. The van der Waals surface area contributed by atoms with Crippen LogP contribution in [-0.2, 0) is 9.59 Å². The molecule has 4 heteroatoms. The van der Waals surface area contributed by atoms with Crippen LogP contribution in [0.4, 0.5) is 0 Å². The van der Waals surface area contributed by atoms with Crippen molar-refractivity contribution in [3.8, 4) is 0 Å². The number of hydrogen-bond acceptors (Lipinski definition) is 3. The van der Waals surface area contributed by atoms with E-state index in [1.165, 1.54) is 6.08 Å². The maximum atomic E-state index is 11.4. The summed E-state index contributed by atoms with van der Waals surface area (Å²) < 4.78 is 0. The van der Waals surface area contributed by atoms with Crippen molar-refractivity contribution < 1.29 is 9.59 Å². The van der Waals surface area contributed by atoms with Gasteiger partial charge in [-0.25, -0.2) is 0 Å². The van der Waals surface area contributed by atoms with Crippen LogP contribution >= 0.6 is 0 Å². The first-order valence-electron chi connectivity index (χ1n) is 4.91. The van der Waals surface area contributed by atoms with Gasteiger partial charge in [-0.15, -0.1) is 0 Å².